The summed E-state index contributed by atoms with van der Waals surface area (Å²) >= 11 is 1.86. The van der Waals surface area contributed by atoms with E-state index >= 15 is 0 Å². The summed E-state index contributed by atoms with van der Waals surface area (Å²) < 4.78 is 9.42. The van der Waals surface area contributed by atoms with Crippen LogP contribution in [0.4, 0.5) is 17.1 Å². The van der Waals surface area contributed by atoms with Gasteiger partial charge in [-0.15, -0.1) is 11.3 Å². The first-order valence-corrected chi connectivity index (χ1v) is 17.4. The molecule has 0 aliphatic carbocycles. The Balaban J connectivity index is 1.23. The Hall–Kier alpha value is -6.16. The van der Waals surface area contributed by atoms with Crippen LogP contribution >= 0.6 is 11.3 Å². The molecule has 0 aliphatic rings. The van der Waals surface area contributed by atoms with E-state index in [1.54, 1.807) is 0 Å². The van der Waals surface area contributed by atoms with E-state index in [0.717, 1.165) is 50.1 Å². The van der Waals surface area contributed by atoms with Crippen LogP contribution in [0.1, 0.15) is 0 Å². The van der Waals surface area contributed by atoms with Gasteiger partial charge in [-0.1, -0.05) is 127 Å². The molecule has 2 nitrogen and oxygen atoms in total. The fraction of sp³-hybridized carbons (Fsp3) is 0. The van der Waals surface area contributed by atoms with E-state index in [4.69, 9.17) is 4.42 Å². The van der Waals surface area contributed by atoms with E-state index in [-0.39, 0.29) is 0 Å². The molecule has 0 radical (unpaired) electrons. The van der Waals surface area contributed by atoms with Crippen molar-refractivity contribution in [2.45, 2.75) is 0 Å². The van der Waals surface area contributed by atoms with Crippen molar-refractivity contribution in [3.63, 3.8) is 0 Å². The number of fused-ring (bicyclic) bond motifs is 7. The molecule has 0 aliphatic heterocycles. The summed E-state index contributed by atoms with van der Waals surface area (Å²) in [6, 6.07) is 63.2. The van der Waals surface area contributed by atoms with Crippen molar-refractivity contribution in [2.24, 2.45) is 0 Å². The molecule has 3 heteroatoms. The van der Waals surface area contributed by atoms with E-state index in [9.17, 15) is 0 Å². The molecular weight excluding hydrogens is 615 g/mol. The summed E-state index contributed by atoms with van der Waals surface area (Å²) in [5.41, 5.74) is 9.60. The smallest absolute Gasteiger partial charge is 0.160 e. The molecule has 0 saturated carbocycles. The minimum atomic E-state index is 0.870. The minimum absolute atomic E-state index is 0.870. The van der Waals surface area contributed by atoms with Crippen molar-refractivity contribution in [2.75, 3.05) is 4.90 Å². The molecule has 49 heavy (non-hydrogen) atoms. The largest absolute Gasteiger partial charge is 0.454 e. The second kappa shape index (κ2) is 11.2. The summed E-state index contributed by atoms with van der Waals surface area (Å²) in [6.45, 7) is 0. The van der Waals surface area contributed by atoms with Crippen LogP contribution in [0, 0.1) is 0 Å². The van der Waals surface area contributed by atoms with Crippen molar-refractivity contribution < 1.29 is 4.42 Å². The van der Waals surface area contributed by atoms with Crippen LogP contribution < -0.4 is 4.90 Å². The fourth-order valence-electron chi connectivity index (χ4n) is 7.38. The van der Waals surface area contributed by atoms with E-state index in [1.165, 1.54) is 42.1 Å². The molecule has 10 aromatic rings. The lowest BCUT2D eigenvalue weighted by atomic mass is 9.97. The fourth-order valence-corrected chi connectivity index (χ4v) is 8.51. The first-order valence-electron chi connectivity index (χ1n) is 16.6. The van der Waals surface area contributed by atoms with Crippen LogP contribution in [0.2, 0.25) is 0 Å². The number of para-hydroxylation sites is 1. The third-order valence-electron chi connectivity index (χ3n) is 9.66. The molecule has 10 rings (SSSR count). The number of furan rings is 1. The van der Waals surface area contributed by atoms with Crippen molar-refractivity contribution in [3.8, 4) is 22.3 Å². The average Bonchev–Trinajstić information content (AvgIpc) is 3.74. The van der Waals surface area contributed by atoms with Crippen molar-refractivity contribution in [1.29, 1.82) is 0 Å². The lowest BCUT2D eigenvalue weighted by Gasteiger charge is -2.28. The zero-order chi connectivity index (χ0) is 32.3. The molecular formula is C46H29NOS. The monoisotopic (exact) mass is 643 g/mol. The van der Waals surface area contributed by atoms with Crippen molar-refractivity contribution in [3.05, 3.63) is 176 Å². The molecule has 0 unspecified atom stereocenters. The Kier molecular flexibility index (Phi) is 6.39. The molecule has 230 valence electrons. The van der Waals surface area contributed by atoms with Crippen LogP contribution in [0.25, 0.3) is 75.1 Å². The van der Waals surface area contributed by atoms with Gasteiger partial charge in [0.15, 0.2) is 5.58 Å². The Morgan fingerprint density at radius 1 is 0.429 bits per heavy atom. The van der Waals surface area contributed by atoms with Gasteiger partial charge in [0.25, 0.3) is 0 Å². The maximum atomic E-state index is 6.79. The predicted molar refractivity (Wildman–Crippen MR) is 210 cm³/mol. The van der Waals surface area contributed by atoms with E-state index in [1.807, 2.05) is 17.4 Å². The lowest BCUT2D eigenvalue weighted by molar-refractivity contribution is 0.669. The van der Waals surface area contributed by atoms with E-state index in [0.29, 0.717) is 0 Å². The standard InChI is InChI=1S/C46H29NOS/c1-2-12-31(13-3-1)37-27-28-39-38-15-6-8-18-41(38)48-46(39)45(37)47(35-26-21-30-11-4-5-14-33(30)29-35)34-24-22-32(23-25-34)36-17-10-20-43-44(36)40-16-7-9-19-42(40)49-43/h1-29H. The molecule has 0 N–H and O–H groups in total. The summed E-state index contributed by atoms with van der Waals surface area (Å²) in [5, 5.41) is 7.25. The van der Waals surface area contributed by atoms with Crippen molar-refractivity contribution in [1.82, 2.24) is 0 Å². The highest BCUT2D eigenvalue weighted by Crippen LogP contribution is 2.48. The predicted octanol–water partition coefficient (Wildman–Crippen LogP) is 13.9. The normalized spacial score (nSPS) is 11.7. The third-order valence-corrected chi connectivity index (χ3v) is 10.8. The average molecular weight is 644 g/mol. The molecule has 8 aromatic carbocycles. The van der Waals surface area contributed by atoms with Crippen LogP contribution in [-0.2, 0) is 0 Å². The Morgan fingerprint density at radius 2 is 1.12 bits per heavy atom. The lowest BCUT2D eigenvalue weighted by Crippen LogP contribution is -2.11. The third kappa shape index (κ3) is 4.55. The van der Waals surface area contributed by atoms with Crippen LogP contribution in [0.3, 0.4) is 0 Å². The number of benzene rings is 8. The summed E-state index contributed by atoms with van der Waals surface area (Å²) in [5.74, 6) is 0. The number of thiophene rings is 1. The zero-order valence-electron chi connectivity index (χ0n) is 26.5. The van der Waals surface area contributed by atoms with Gasteiger partial charge in [-0.3, -0.25) is 0 Å². The first-order chi connectivity index (χ1) is 24.3. The zero-order valence-corrected chi connectivity index (χ0v) is 27.3. The molecule has 0 saturated heterocycles. The molecule has 0 bridgehead atoms. The number of hydrogen-bond donors (Lipinski definition) is 0. The highest BCUT2D eigenvalue weighted by atomic mass is 32.1. The quantitative estimate of drug-likeness (QED) is 0.186. The summed E-state index contributed by atoms with van der Waals surface area (Å²) in [7, 11) is 0. The SMILES string of the molecule is c1ccc(-c2ccc3c(oc4ccccc43)c2N(c2ccc(-c3cccc4sc5ccccc5c34)cc2)c2ccc3ccccc3c2)cc1. The molecule has 0 fully saturated rings. The number of hydrogen-bond acceptors (Lipinski definition) is 3. The molecule has 0 atom stereocenters. The van der Waals surface area contributed by atoms with Crippen LogP contribution in [0.15, 0.2) is 180 Å². The molecule has 0 amide bonds. The maximum absolute atomic E-state index is 6.79. The number of anilines is 3. The van der Waals surface area contributed by atoms with Gasteiger partial charge in [-0.2, -0.15) is 0 Å². The Bertz CT molecular complexity index is 2830. The van der Waals surface area contributed by atoms with Gasteiger partial charge >= 0.3 is 0 Å². The van der Waals surface area contributed by atoms with Gasteiger partial charge < -0.3 is 9.32 Å². The van der Waals surface area contributed by atoms with Gasteiger partial charge in [0.2, 0.25) is 0 Å². The van der Waals surface area contributed by atoms with E-state index in [2.05, 4.69) is 175 Å². The van der Waals surface area contributed by atoms with Crippen LogP contribution in [0.5, 0.6) is 0 Å². The van der Waals surface area contributed by atoms with Gasteiger partial charge in [0.05, 0.1) is 5.69 Å². The molecule has 0 spiro atoms. The van der Waals surface area contributed by atoms with Gasteiger partial charge in [0.1, 0.15) is 5.58 Å². The Labute approximate surface area is 287 Å². The van der Waals surface area contributed by atoms with E-state index < -0.39 is 0 Å². The van der Waals surface area contributed by atoms with Crippen LogP contribution in [-0.4, -0.2) is 0 Å². The molecule has 2 aromatic heterocycles. The van der Waals surface area contributed by atoms with Gasteiger partial charge in [-0.05, 0) is 76.0 Å². The summed E-state index contributed by atoms with van der Waals surface area (Å²) in [4.78, 5) is 2.38. The summed E-state index contributed by atoms with van der Waals surface area (Å²) in [6.07, 6.45) is 0. The topological polar surface area (TPSA) is 16.4 Å². The first kappa shape index (κ1) is 27.9. The highest BCUT2D eigenvalue weighted by Gasteiger charge is 2.24. The maximum Gasteiger partial charge on any atom is 0.160 e. The number of nitrogens with zero attached hydrogens (tertiary/aromatic N) is 1. The Morgan fingerprint density at radius 3 is 2.00 bits per heavy atom. The van der Waals surface area contributed by atoms with Gasteiger partial charge in [-0.25, -0.2) is 0 Å². The second-order valence-corrected chi connectivity index (χ2v) is 13.6. The highest BCUT2D eigenvalue weighted by molar-refractivity contribution is 7.25. The minimum Gasteiger partial charge on any atom is -0.454 e. The molecule has 2 heterocycles. The van der Waals surface area contributed by atoms with Gasteiger partial charge in [0, 0.05) is 47.9 Å². The number of rotatable bonds is 5. The second-order valence-electron chi connectivity index (χ2n) is 12.5. The van der Waals surface area contributed by atoms with Crippen molar-refractivity contribution >= 4 is 81.3 Å².